The van der Waals surface area contributed by atoms with Gasteiger partial charge in [0.2, 0.25) is 0 Å². The van der Waals surface area contributed by atoms with Gasteiger partial charge in [0.15, 0.2) is 11.5 Å². The van der Waals surface area contributed by atoms with Crippen LogP contribution in [-0.4, -0.2) is 19.5 Å². The third kappa shape index (κ3) is 5.28. The molecule has 2 N–H and O–H groups in total. The van der Waals surface area contributed by atoms with Crippen molar-refractivity contribution in [2.45, 2.75) is 13.3 Å². The van der Waals surface area contributed by atoms with Crippen molar-refractivity contribution in [3.8, 4) is 22.6 Å². The summed E-state index contributed by atoms with van der Waals surface area (Å²) in [4.78, 5) is 0. The number of halogens is 5. The van der Waals surface area contributed by atoms with Crippen LogP contribution in [0.3, 0.4) is 0 Å². The molecule has 0 aromatic heterocycles. The summed E-state index contributed by atoms with van der Waals surface area (Å²) >= 11 is 0. The zero-order valence-electron chi connectivity index (χ0n) is 12.7. The van der Waals surface area contributed by atoms with Gasteiger partial charge in [-0.2, -0.15) is 0 Å². The molecule has 8 heteroatoms. The third-order valence-corrected chi connectivity index (χ3v) is 2.98. The van der Waals surface area contributed by atoms with Crippen molar-refractivity contribution in [3.63, 3.8) is 0 Å². The van der Waals surface area contributed by atoms with Crippen molar-refractivity contribution in [3.05, 3.63) is 47.8 Å². The van der Waals surface area contributed by atoms with E-state index in [1.165, 1.54) is 18.2 Å². The lowest BCUT2D eigenvalue weighted by Crippen LogP contribution is -2.18. The minimum Gasteiger partial charge on any atom is -0.488 e. The van der Waals surface area contributed by atoms with Crippen molar-refractivity contribution < 1.29 is 27.0 Å². The van der Waals surface area contributed by atoms with Crippen molar-refractivity contribution in [2.24, 2.45) is 5.73 Å². The van der Waals surface area contributed by atoms with Gasteiger partial charge in [-0.15, -0.1) is 25.6 Å². The SMILES string of the molecule is Cc1ccc(-c2ccc(OC(F)(F)F)c(OCCN)c2)c(F)c1.Cl. The van der Waals surface area contributed by atoms with Crippen LogP contribution in [0.15, 0.2) is 36.4 Å². The van der Waals surface area contributed by atoms with E-state index in [2.05, 4.69) is 4.74 Å². The standard InChI is InChI=1S/C16H15F4NO2.ClH/c1-10-2-4-12(13(17)8-10)11-3-5-14(23-16(18,19)20)15(9-11)22-7-6-21;/h2-5,8-9H,6-7,21H2,1H3;1H. The molecule has 0 fully saturated rings. The number of ether oxygens (including phenoxy) is 2. The molecule has 2 rings (SSSR count). The average Bonchev–Trinajstić information content (AvgIpc) is 2.45. The fraction of sp³-hybridized carbons (Fsp3) is 0.250. The van der Waals surface area contributed by atoms with Gasteiger partial charge in [0, 0.05) is 12.1 Å². The Morgan fingerprint density at radius 2 is 1.75 bits per heavy atom. The molecular weight excluding hydrogens is 350 g/mol. The lowest BCUT2D eigenvalue weighted by molar-refractivity contribution is -0.275. The second kappa shape index (κ2) is 8.21. The van der Waals surface area contributed by atoms with Crippen molar-refractivity contribution in [1.29, 1.82) is 0 Å². The van der Waals surface area contributed by atoms with E-state index in [1.54, 1.807) is 19.1 Å². The molecule has 0 saturated heterocycles. The molecule has 0 unspecified atom stereocenters. The molecule has 2 aromatic rings. The van der Waals surface area contributed by atoms with Gasteiger partial charge in [-0.25, -0.2) is 4.39 Å². The molecule has 3 nitrogen and oxygen atoms in total. The van der Waals surface area contributed by atoms with E-state index in [4.69, 9.17) is 10.5 Å². The zero-order chi connectivity index (χ0) is 17.0. The summed E-state index contributed by atoms with van der Waals surface area (Å²) in [5, 5.41) is 0. The lowest BCUT2D eigenvalue weighted by Gasteiger charge is -2.15. The van der Waals surface area contributed by atoms with Crippen LogP contribution in [-0.2, 0) is 0 Å². The highest BCUT2D eigenvalue weighted by Gasteiger charge is 2.32. The summed E-state index contributed by atoms with van der Waals surface area (Å²) in [7, 11) is 0. The fourth-order valence-electron chi connectivity index (χ4n) is 2.02. The number of nitrogens with two attached hydrogens (primary N) is 1. The van der Waals surface area contributed by atoms with E-state index in [0.717, 1.165) is 11.6 Å². The molecule has 2 aromatic carbocycles. The molecule has 0 aliphatic carbocycles. The van der Waals surface area contributed by atoms with E-state index >= 15 is 0 Å². The molecule has 0 saturated carbocycles. The number of benzene rings is 2. The molecule has 0 bridgehead atoms. The van der Waals surface area contributed by atoms with Crippen LogP contribution >= 0.6 is 12.4 Å². The van der Waals surface area contributed by atoms with Crippen molar-refractivity contribution in [1.82, 2.24) is 0 Å². The Balaban J connectivity index is 0.00000288. The number of rotatable bonds is 5. The molecule has 24 heavy (non-hydrogen) atoms. The molecule has 0 heterocycles. The minimum absolute atomic E-state index is 0. The normalized spacial score (nSPS) is 10.9. The highest BCUT2D eigenvalue weighted by molar-refractivity contribution is 5.85. The van der Waals surface area contributed by atoms with Gasteiger partial charge >= 0.3 is 6.36 Å². The van der Waals surface area contributed by atoms with E-state index in [-0.39, 0.29) is 36.9 Å². The Labute approximate surface area is 142 Å². The predicted molar refractivity (Wildman–Crippen MR) is 85.1 cm³/mol. The van der Waals surface area contributed by atoms with Crippen LogP contribution in [0.2, 0.25) is 0 Å². The monoisotopic (exact) mass is 365 g/mol. The molecule has 0 aliphatic rings. The van der Waals surface area contributed by atoms with Crippen LogP contribution < -0.4 is 15.2 Å². The zero-order valence-corrected chi connectivity index (χ0v) is 13.5. The van der Waals surface area contributed by atoms with Crippen LogP contribution in [0.4, 0.5) is 17.6 Å². The Morgan fingerprint density at radius 1 is 1.04 bits per heavy atom. The summed E-state index contributed by atoms with van der Waals surface area (Å²) in [6.07, 6.45) is -4.85. The molecule has 0 amide bonds. The third-order valence-electron chi connectivity index (χ3n) is 2.98. The minimum atomic E-state index is -4.85. The first-order valence-electron chi connectivity index (χ1n) is 6.79. The van der Waals surface area contributed by atoms with E-state index in [1.807, 2.05) is 0 Å². The predicted octanol–water partition coefficient (Wildman–Crippen LogP) is 4.46. The second-order valence-electron chi connectivity index (χ2n) is 4.83. The first-order chi connectivity index (χ1) is 10.8. The van der Waals surface area contributed by atoms with Crippen LogP contribution in [0, 0.1) is 12.7 Å². The van der Waals surface area contributed by atoms with E-state index in [9.17, 15) is 17.6 Å². The van der Waals surface area contributed by atoms with Gasteiger partial charge in [0.05, 0.1) is 0 Å². The Hall–Kier alpha value is -1.99. The van der Waals surface area contributed by atoms with Gasteiger partial charge in [-0.3, -0.25) is 0 Å². The molecule has 0 radical (unpaired) electrons. The van der Waals surface area contributed by atoms with Crippen LogP contribution in [0.1, 0.15) is 5.56 Å². The van der Waals surface area contributed by atoms with Gasteiger partial charge in [0.1, 0.15) is 12.4 Å². The largest absolute Gasteiger partial charge is 0.573 e. The Kier molecular flexibility index (Phi) is 6.86. The summed E-state index contributed by atoms with van der Waals surface area (Å²) in [5.41, 5.74) is 6.67. The second-order valence-corrected chi connectivity index (χ2v) is 4.83. The van der Waals surface area contributed by atoms with Gasteiger partial charge in [-0.1, -0.05) is 18.2 Å². The number of hydrogen-bond donors (Lipinski definition) is 1. The first kappa shape index (κ1) is 20.1. The van der Waals surface area contributed by atoms with Crippen LogP contribution in [0.25, 0.3) is 11.1 Å². The van der Waals surface area contributed by atoms with Crippen LogP contribution in [0.5, 0.6) is 11.5 Å². The number of hydrogen-bond acceptors (Lipinski definition) is 3. The fourth-order valence-corrected chi connectivity index (χ4v) is 2.02. The van der Waals surface area contributed by atoms with Gasteiger partial charge in [0.25, 0.3) is 0 Å². The molecule has 0 spiro atoms. The Bertz CT molecular complexity index is 692. The topological polar surface area (TPSA) is 44.5 Å². The number of aryl methyl sites for hydroxylation is 1. The molecule has 0 aliphatic heterocycles. The smallest absolute Gasteiger partial charge is 0.488 e. The highest BCUT2D eigenvalue weighted by atomic mass is 35.5. The highest BCUT2D eigenvalue weighted by Crippen LogP contribution is 2.36. The van der Waals surface area contributed by atoms with Gasteiger partial charge < -0.3 is 15.2 Å². The van der Waals surface area contributed by atoms with Crippen molar-refractivity contribution in [2.75, 3.05) is 13.2 Å². The molecular formula is C16H16ClF4NO2. The molecule has 0 atom stereocenters. The van der Waals surface area contributed by atoms with E-state index in [0.29, 0.717) is 5.56 Å². The quantitative estimate of drug-likeness (QED) is 0.796. The maximum Gasteiger partial charge on any atom is 0.573 e. The summed E-state index contributed by atoms with van der Waals surface area (Å²) in [6, 6.07) is 8.33. The lowest BCUT2D eigenvalue weighted by atomic mass is 10.0. The number of alkyl halides is 3. The molecule has 132 valence electrons. The maximum atomic E-state index is 14.0. The van der Waals surface area contributed by atoms with E-state index < -0.39 is 17.9 Å². The summed E-state index contributed by atoms with van der Waals surface area (Å²) < 4.78 is 60.4. The first-order valence-corrected chi connectivity index (χ1v) is 6.79. The maximum absolute atomic E-state index is 14.0. The summed E-state index contributed by atoms with van der Waals surface area (Å²) in [6.45, 7) is 1.87. The average molecular weight is 366 g/mol. The Morgan fingerprint density at radius 3 is 2.33 bits per heavy atom. The summed E-state index contributed by atoms with van der Waals surface area (Å²) in [5.74, 6) is -1.12. The van der Waals surface area contributed by atoms with Gasteiger partial charge in [-0.05, 0) is 36.2 Å². The van der Waals surface area contributed by atoms with Crippen molar-refractivity contribution >= 4 is 12.4 Å².